The van der Waals surface area contributed by atoms with Crippen molar-refractivity contribution in [2.45, 2.75) is 44.3 Å². The predicted octanol–water partition coefficient (Wildman–Crippen LogP) is 3.38. The number of fused-ring (bicyclic) bond motifs is 1. The van der Waals surface area contributed by atoms with Gasteiger partial charge in [-0.05, 0) is 45.0 Å². The number of anilines is 1. The van der Waals surface area contributed by atoms with Crippen molar-refractivity contribution in [1.82, 2.24) is 20.1 Å². The fourth-order valence-corrected chi connectivity index (χ4v) is 4.26. The van der Waals surface area contributed by atoms with Crippen LogP contribution in [0.1, 0.15) is 35.6 Å². The van der Waals surface area contributed by atoms with Gasteiger partial charge in [-0.25, -0.2) is 0 Å². The molecule has 1 aliphatic heterocycles. The summed E-state index contributed by atoms with van der Waals surface area (Å²) in [6, 6.07) is 12.7. The standard InChI is InChI=1S/C23H25N5O4S/c1-4-28-20(12-24-22(30)16-7-5-6-14(2)10-16)26-27-23(28)33-15(3)21(29)25-17-8-9-18-19(11-17)32-13-31-18/h5-11,15H,4,12-13H2,1-3H3,(H,24,30)(H,25,29)/t15-/m1/s1. The Hall–Kier alpha value is -3.53. The molecule has 10 heteroatoms. The first-order valence-electron chi connectivity index (χ1n) is 10.6. The largest absolute Gasteiger partial charge is 0.454 e. The SMILES string of the molecule is CCn1c(CNC(=O)c2cccc(C)c2)nnc1S[C@H](C)C(=O)Nc1ccc2c(c1)OCO2. The van der Waals surface area contributed by atoms with E-state index in [0.29, 0.717) is 40.3 Å². The van der Waals surface area contributed by atoms with Crippen LogP contribution in [0.25, 0.3) is 0 Å². The van der Waals surface area contributed by atoms with Gasteiger partial charge in [-0.15, -0.1) is 10.2 Å². The highest BCUT2D eigenvalue weighted by molar-refractivity contribution is 8.00. The number of benzene rings is 2. The summed E-state index contributed by atoms with van der Waals surface area (Å²) < 4.78 is 12.5. The van der Waals surface area contributed by atoms with Crippen molar-refractivity contribution in [1.29, 1.82) is 0 Å². The van der Waals surface area contributed by atoms with Gasteiger partial charge >= 0.3 is 0 Å². The molecule has 0 spiro atoms. The minimum atomic E-state index is -0.417. The molecule has 0 saturated carbocycles. The molecule has 2 N–H and O–H groups in total. The molecule has 1 aliphatic rings. The summed E-state index contributed by atoms with van der Waals surface area (Å²) in [5, 5.41) is 14.4. The van der Waals surface area contributed by atoms with E-state index in [4.69, 9.17) is 9.47 Å². The van der Waals surface area contributed by atoms with Gasteiger partial charge in [0.15, 0.2) is 22.5 Å². The summed E-state index contributed by atoms with van der Waals surface area (Å²) in [5.41, 5.74) is 2.25. The van der Waals surface area contributed by atoms with Crippen LogP contribution in [-0.4, -0.2) is 38.6 Å². The summed E-state index contributed by atoms with van der Waals surface area (Å²) in [5.74, 6) is 1.56. The quantitative estimate of drug-likeness (QED) is 0.489. The van der Waals surface area contributed by atoms with E-state index >= 15 is 0 Å². The molecule has 1 atom stereocenters. The van der Waals surface area contributed by atoms with Gasteiger partial charge in [0.1, 0.15) is 0 Å². The molecule has 0 aliphatic carbocycles. The zero-order chi connectivity index (χ0) is 23.4. The van der Waals surface area contributed by atoms with Crippen LogP contribution in [0.15, 0.2) is 47.6 Å². The number of nitrogens with zero attached hydrogens (tertiary/aromatic N) is 3. The second kappa shape index (κ2) is 9.95. The van der Waals surface area contributed by atoms with E-state index in [1.165, 1.54) is 11.8 Å². The van der Waals surface area contributed by atoms with Crippen LogP contribution in [0, 0.1) is 6.92 Å². The minimum Gasteiger partial charge on any atom is -0.454 e. The molecule has 4 rings (SSSR count). The van der Waals surface area contributed by atoms with E-state index in [0.717, 1.165) is 5.56 Å². The number of aromatic nitrogens is 3. The fourth-order valence-electron chi connectivity index (χ4n) is 3.33. The van der Waals surface area contributed by atoms with Gasteiger partial charge in [0.25, 0.3) is 5.91 Å². The average Bonchev–Trinajstić information content (AvgIpc) is 3.43. The Bertz CT molecular complexity index is 1180. The molecule has 0 unspecified atom stereocenters. The van der Waals surface area contributed by atoms with Crippen molar-refractivity contribution in [2.24, 2.45) is 0 Å². The van der Waals surface area contributed by atoms with Crippen molar-refractivity contribution in [3.8, 4) is 11.5 Å². The highest BCUT2D eigenvalue weighted by atomic mass is 32.2. The lowest BCUT2D eigenvalue weighted by Gasteiger charge is -2.13. The Morgan fingerprint density at radius 2 is 1.97 bits per heavy atom. The molecule has 33 heavy (non-hydrogen) atoms. The van der Waals surface area contributed by atoms with E-state index < -0.39 is 5.25 Å². The molecular formula is C23H25N5O4S. The molecule has 1 aromatic heterocycles. The second-order valence-corrected chi connectivity index (χ2v) is 8.82. The molecule has 0 saturated heterocycles. The van der Waals surface area contributed by atoms with E-state index in [2.05, 4.69) is 20.8 Å². The number of rotatable bonds is 8. The summed E-state index contributed by atoms with van der Waals surface area (Å²) in [6.07, 6.45) is 0. The molecular weight excluding hydrogens is 442 g/mol. The molecule has 9 nitrogen and oxygen atoms in total. The predicted molar refractivity (Wildman–Crippen MR) is 125 cm³/mol. The maximum atomic E-state index is 12.7. The van der Waals surface area contributed by atoms with Crippen molar-refractivity contribution in [2.75, 3.05) is 12.1 Å². The van der Waals surface area contributed by atoms with Crippen molar-refractivity contribution >= 4 is 29.3 Å². The normalized spacial score (nSPS) is 12.9. The van der Waals surface area contributed by atoms with Crippen LogP contribution in [0.2, 0.25) is 0 Å². The molecule has 0 radical (unpaired) electrons. The highest BCUT2D eigenvalue weighted by Crippen LogP contribution is 2.34. The number of thioether (sulfide) groups is 1. The third-order valence-electron chi connectivity index (χ3n) is 5.09. The maximum Gasteiger partial charge on any atom is 0.251 e. The van der Waals surface area contributed by atoms with Gasteiger partial charge in [-0.2, -0.15) is 0 Å². The zero-order valence-electron chi connectivity index (χ0n) is 18.6. The first-order chi connectivity index (χ1) is 15.9. The van der Waals surface area contributed by atoms with Crippen LogP contribution in [0.3, 0.4) is 0 Å². The van der Waals surface area contributed by atoms with Gasteiger partial charge < -0.3 is 24.7 Å². The average molecular weight is 468 g/mol. The van der Waals surface area contributed by atoms with E-state index in [1.54, 1.807) is 31.2 Å². The number of amides is 2. The number of ether oxygens (including phenoxy) is 2. The van der Waals surface area contributed by atoms with Crippen molar-refractivity contribution < 1.29 is 19.1 Å². The van der Waals surface area contributed by atoms with E-state index in [1.807, 2.05) is 36.6 Å². The number of hydrogen-bond donors (Lipinski definition) is 2. The summed E-state index contributed by atoms with van der Waals surface area (Å²) >= 11 is 1.31. The number of nitrogens with one attached hydrogen (secondary N) is 2. The first-order valence-corrected chi connectivity index (χ1v) is 11.5. The van der Waals surface area contributed by atoms with Crippen LogP contribution in [-0.2, 0) is 17.9 Å². The highest BCUT2D eigenvalue weighted by Gasteiger charge is 2.21. The topological polar surface area (TPSA) is 107 Å². The Labute approximate surface area is 195 Å². The third kappa shape index (κ3) is 5.28. The van der Waals surface area contributed by atoms with Crippen molar-refractivity contribution in [3.05, 3.63) is 59.4 Å². The molecule has 2 amide bonds. The van der Waals surface area contributed by atoms with Crippen molar-refractivity contribution in [3.63, 3.8) is 0 Å². The van der Waals surface area contributed by atoms with E-state index in [-0.39, 0.29) is 25.2 Å². The van der Waals surface area contributed by atoms with Crippen LogP contribution in [0.4, 0.5) is 5.69 Å². The summed E-state index contributed by atoms with van der Waals surface area (Å²) in [6.45, 7) is 6.75. The third-order valence-corrected chi connectivity index (χ3v) is 6.17. The number of hydrogen-bond acceptors (Lipinski definition) is 7. The monoisotopic (exact) mass is 467 g/mol. The Morgan fingerprint density at radius 3 is 2.76 bits per heavy atom. The first kappa shape index (κ1) is 22.7. The van der Waals surface area contributed by atoms with Crippen LogP contribution in [0.5, 0.6) is 11.5 Å². The van der Waals surface area contributed by atoms with Gasteiger partial charge in [-0.3, -0.25) is 9.59 Å². The van der Waals surface area contributed by atoms with Gasteiger partial charge in [0, 0.05) is 23.9 Å². The zero-order valence-corrected chi connectivity index (χ0v) is 19.4. The van der Waals surface area contributed by atoms with Crippen LogP contribution < -0.4 is 20.1 Å². The van der Waals surface area contributed by atoms with Crippen LogP contribution >= 0.6 is 11.8 Å². The fraction of sp³-hybridized carbons (Fsp3) is 0.304. The molecule has 0 fully saturated rings. The number of carbonyl (C=O) groups is 2. The van der Waals surface area contributed by atoms with E-state index in [9.17, 15) is 9.59 Å². The van der Waals surface area contributed by atoms with Gasteiger partial charge in [-0.1, -0.05) is 29.5 Å². The Kier molecular flexibility index (Phi) is 6.83. The molecule has 0 bridgehead atoms. The van der Waals surface area contributed by atoms with Gasteiger partial charge in [0.2, 0.25) is 12.7 Å². The summed E-state index contributed by atoms with van der Waals surface area (Å²) in [4.78, 5) is 25.1. The Morgan fingerprint density at radius 1 is 1.15 bits per heavy atom. The lowest BCUT2D eigenvalue weighted by molar-refractivity contribution is -0.115. The summed E-state index contributed by atoms with van der Waals surface area (Å²) in [7, 11) is 0. The molecule has 172 valence electrons. The second-order valence-electron chi connectivity index (χ2n) is 7.51. The maximum absolute atomic E-state index is 12.7. The lowest BCUT2D eigenvalue weighted by Crippen LogP contribution is -2.25. The lowest BCUT2D eigenvalue weighted by atomic mass is 10.1. The molecule has 3 aromatic rings. The smallest absolute Gasteiger partial charge is 0.251 e. The molecule has 2 aromatic carbocycles. The minimum absolute atomic E-state index is 0.168. The van der Waals surface area contributed by atoms with Gasteiger partial charge in [0.05, 0.1) is 11.8 Å². The number of aryl methyl sites for hydroxylation is 1. The number of carbonyl (C=O) groups excluding carboxylic acids is 2. The molecule has 2 heterocycles. The Balaban J connectivity index is 1.37.